The number of imide groups is 2. The van der Waals surface area contributed by atoms with Crippen LogP contribution < -0.4 is 15.0 Å². The number of anilines is 1. The number of nitrogens with one attached hydrogen (secondary N) is 1. The Labute approximate surface area is 190 Å². The van der Waals surface area contributed by atoms with Crippen LogP contribution in [0, 0.1) is 13.8 Å². The normalized spacial score (nSPS) is 14.9. The number of carbonyl (C=O) groups is 4. The zero-order chi connectivity index (χ0) is 23.5. The molecule has 4 amide bonds. The summed E-state index contributed by atoms with van der Waals surface area (Å²) in [5.41, 5.74) is 2.44. The number of amides is 4. The van der Waals surface area contributed by atoms with Crippen molar-refractivity contribution in [1.29, 1.82) is 0 Å². The highest BCUT2D eigenvalue weighted by molar-refractivity contribution is 6.39. The van der Waals surface area contributed by atoms with E-state index in [-0.39, 0.29) is 11.3 Å². The second-order valence-corrected chi connectivity index (χ2v) is 7.54. The molecular formula is C26H20N2O5. The molecule has 164 valence electrons. The highest BCUT2D eigenvalue weighted by Gasteiger charge is 2.37. The first-order valence-corrected chi connectivity index (χ1v) is 10.2. The number of hydrogen-bond acceptors (Lipinski definition) is 5. The molecule has 1 N–H and O–H groups in total. The van der Waals surface area contributed by atoms with Crippen LogP contribution in [-0.2, 0) is 9.59 Å². The Bertz CT molecular complexity index is 1330. The lowest BCUT2D eigenvalue weighted by Gasteiger charge is -2.27. The van der Waals surface area contributed by atoms with E-state index in [9.17, 15) is 19.2 Å². The van der Waals surface area contributed by atoms with Crippen LogP contribution in [-0.4, -0.2) is 23.8 Å². The number of rotatable bonds is 4. The van der Waals surface area contributed by atoms with Crippen molar-refractivity contribution in [3.8, 4) is 5.75 Å². The van der Waals surface area contributed by atoms with E-state index in [0.717, 1.165) is 10.5 Å². The molecule has 0 aliphatic carbocycles. The predicted octanol–water partition coefficient (Wildman–Crippen LogP) is 4.19. The van der Waals surface area contributed by atoms with E-state index in [4.69, 9.17) is 4.74 Å². The lowest BCUT2D eigenvalue weighted by Crippen LogP contribution is -2.54. The minimum absolute atomic E-state index is 0.177. The molecule has 1 aliphatic rings. The van der Waals surface area contributed by atoms with Crippen molar-refractivity contribution in [2.75, 3.05) is 4.90 Å². The molecule has 1 saturated heterocycles. The van der Waals surface area contributed by atoms with Gasteiger partial charge in [0, 0.05) is 5.56 Å². The third-order valence-corrected chi connectivity index (χ3v) is 5.13. The largest absolute Gasteiger partial charge is 0.422 e. The second kappa shape index (κ2) is 8.92. The summed E-state index contributed by atoms with van der Waals surface area (Å²) >= 11 is 0. The SMILES string of the molecule is Cc1cccc(C(=O)Oc2ccccc2/C=C2/C(=O)NC(=O)N(c3ccccc3C)C2=O)c1. The number of para-hydroxylation sites is 2. The quantitative estimate of drug-likeness (QED) is 0.284. The predicted molar refractivity (Wildman–Crippen MR) is 123 cm³/mol. The van der Waals surface area contributed by atoms with Crippen molar-refractivity contribution < 1.29 is 23.9 Å². The van der Waals surface area contributed by atoms with Gasteiger partial charge in [-0.1, -0.05) is 54.1 Å². The maximum atomic E-state index is 13.2. The van der Waals surface area contributed by atoms with Crippen LogP contribution in [0.3, 0.4) is 0 Å². The maximum Gasteiger partial charge on any atom is 0.343 e. The van der Waals surface area contributed by atoms with Gasteiger partial charge in [0.15, 0.2) is 0 Å². The van der Waals surface area contributed by atoms with Gasteiger partial charge >= 0.3 is 12.0 Å². The van der Waals surface area contributed by atoms with E-state index >= 15 is 0 Å². The molecule has 1 fully saturated rings. The van der Waals surface area contributed by atoms with Gasteiger partial charge in [0.25, 0.3) is 11.8 Å². The number of aryl methyl sites for hydroxylation is 2. The summed E-state index contributed by atoms with van der Waals surface area (Å²) in [6.07, 6.45) is 1.31. The fourth-order valence-corrected chi connectivity index (χ4v) is 3.47. The first-order chi connectivity index (χ1) is 15.8. The van der Waals surface area contributed by atoms with Gasteiger partial charge in [0.1, 0.15) is 11.3 Å². The summed E-state index contributed by atoms with van der Waals surface area (Å²) < 4.78 is 5.54. The molecular weight excluding hydrogens is 420 g/mol. The first kappa shape index (κ1) is 21.7. The monoisotopic (exact) mass is 440 g/mol. The van der Waals surface area contributed by atoms with E-state index in [2.05, 4.69) is 5.32 Å². The van der Waals surface area contributed by atoms with Crippen molar-refractivity contribution in [2.24, 2.45) is 0 Å². The molecule has 0 aromatic heterocycles. The number of nitrogens with zero attached hydrogens (tertiary/aromatic N) is 1. The number of hydrogen-bond donors (Lipinski definition) is 1. The second-order valence-electron chi connectivity index (χ2n) is 7.54. The number of carbonyl (C=O) groups excluding carboxylic acids is 4. The highest BCUT2D eigenvalue weighted by atomic mass is 16.5. The Hall–Kier alpha value is -4.52. The van der Waals surface area contributed by atoms with Crippen LogP contribution in [0.1, 0.15) is 27.0 Å². The van der Waals surface area contributed by atoms with Crippen molar-refractivity contribution in [3.05, 3.63) is 101 Å². The molecule has 1 heterocycles. The Morgan fingerprint density at radius 3 is 2.39 bits per heavy atom. The van der Waals surface area contributed by atoms with Gasteiger partial charge in [-0.3, -0.25) is 14.9 Å². The Morgan fingerprint density at radius 1 is 0.909 bits per heavy atom. The summed E-state index contributed by atoms with van der Waals surface area (Å²) in [7, 11) is 0. The van der Waals surface area contributed by atoms with E-state index < -0.39 is 23.8 Å². The number of ether oxygens (including phenoxy) is 1. The summed E-state index contributed by atoms with van der Waals surface area (Å²) in [5.74, 6) is -1.98. The van der Waals surface area contributed by atoms with Crippen molar-refractivity contribution >= 4 is 35.6 Å². The average molecular weight is 440 g/mol. The van der Waals surface area contributed by atoms with Crippen LogP contribution in [0.25, 0.3) is 6.08 Å². The van der Waals surface area contributed by atoms with Crippen molar-refractivity contribution in [2.45, 2.75) is 13.8 Å². The van der Waals surface area contributed by atoms with Gasteiger partial charge in [0.05, 0.1) is 11.3 Å². The Morgan fingerprint density at radius 2 is 1.64 bits per heavy atom. The third-order valence-electron chi connectivity index (χ3n) is 5.13. The van der Waals surface area contributed by atoms with E-state index in [0.29, 0.717) is 22.4 Å². The Kier molecular flexibility index (Phi) is 5.87. The van der Waals surface area contributed by atoms with Gasteiger partial charge in [-0.15, -0.1) is 0 Å². The highest BCUT2D eigenvalue weighted by Crippen LogP contribution is 2.27. The van der Waals surface area contributed by atoms with Gasteiger partial charge in [-0.25, -0.2) is 14.5 Å². The Balaban J connectivity index is 1.69. The molecule has 1 aliphatic heterocycles. The van der Waals surface area contributed by atoms with E-state index in [1.165, 1.54) is 6.08 Å². The van der Waals surface area contributed by atoms with Gasteiger partial charge < -0.3 is 4.74 Å². The molecule has 7 heteroatoms. The molecule has 0 atom stereocenters. The van der Waals surface area contributed by atoms with Gasteiger partial charge in [-0.2, -0.15) is 0 Å². The third kappa shape index (κ3) is 4.43. The smallest absolute Gasteiger partial charge is 0.343 e. The van der Waals surface area contributed by atoms with Crippen LogP contribution in [0.2, 0.25) is 0 Å². The topological polar surface area (TPSA) is 92.8 Å². The first-order valence-electron chi connectivity index (χ1n) is 10.2. The minimum Gasteiger partial charge on any atom is -0.422 e. The molecule has 33 heavy (non-hydrogen) atoms. The molecule has 7 nitrogen and oxygen atoms in total. The average Bonchev–Trinajstić information content (AvgIpc) is 2.79. The summed E-state index contributed by atoms with van der Waals surface area (Å²) in [4.78, 5) is 51.7. The molecule has 0 unspecified atom stereocenters. The zero-order valence-corrected chi connectivity index (χ0v) is 18.0. The number of barbiturate groups is 1. The van der Waals surface area contributed by atoms with Gasteiger partial charge in [-0.05, 0) is 49.8 Å². The number of urea groups is 1. The van der Waals surface area contributed by atoms with Crippen LogP contribution >= 0.6 is 0 Å². The van der Waals surface area contributed by atoms with Crippen LogP contribution in [0.5, 0.6) is 5.75 Å². The van der Waals surface area contributed by atoms with E-state index in [1.54, 1.807) is 73.7 Å². The molecule has 0 spiro atoms. The summed E-state index contributed by atoms with van der Waals surface area (Å²) in [5, 5.41) is 2.20. The van der Waals surface area contributed by atoms with Crippen LogP contribution in [0.15, 0.2) is 78.4 Å². The lowest BCUT2D eigenvalue weighted by atomic mass is 10.0. The number of esters is 1. The summed E-state index contributed by atoms with van der Waals surface area (Å²) in [6.45, 7) is 3.62. The molecule has 3 aromatic rings. The standard InChI is InChI=1S/C26H20N2O5/c1-16-8-7-11-19(14-16)25(31)33-22-13-6-4-10-18(22)15-20-23(29)27-26(32)28(24(20)30)21-12-5-3-9-17(21)2/h3-15H,1-2H3,(H,27,29,32)/b20-15-. The fourth-order valence-electron chi connectivity index (χ4n) is 3.47. The van der Waals surface area contributed by atoms with Crippen molar-refractivity contribution in [1.82, 2.24) is 5.32 Å². The maximum absolute atomic E-state index is 13.2. The minimum atomic E-state index is -0.824. The van der Waals surface area contributed by atoms with Crippen molar-refractivity contribution in [3.63, 3.8) is 0 Å². The van der Waals surface area contributed by atoms with E-state index in [1.807, 2.05) is 13.0 Å². The molecule has 0 radical (unpaired) electrons. The molecule has 4 rings (SSSR count). The fraction of sp³-hybridized carbons (Fsp3) is 0.0769. The summed E-state index contributed by atoms with van der Waals surface area (Å²) in [6, 6.07) is 19.5. The zero-order valence-electron chi connectivity index (χ0n) is 18.0. The molecule has 0 saturated carbocycles. The van der Waals surface area contributed by atoms with Crippen LogP contribution in [0.4, 0.5) is 10.5 Å². The number of benzene rings is 3. The molecule has 3 aromatic carbocycles. The van der Waals surface area contributed by atoms with Gasteiger partial charge in [0.2, 0.25) is 0 Å². The molecule has 0 bridgehead atoms. The lowest BCUT2D eigenvalue weighted by molar-refractivity contribution is -0.122.